The first-order valence-electron chi connectivity index (χ1n) is 8.65. The number of carbonyl (C=O) groups is 1. The lowest BCUT2D eigenvalue weighted by molar-refractivity contribution is -0.124. The summed E-state index contributed by atoms with van der Waals surface area (Å²) in [7, 11) is 0. The third-order valence-electron chi connectivity index (χ3n) is 5.71. The Morgan fingerprint density at radius 3 is 2.14 bits per heavy atom. The molecule has 0 bridgehead atoms. The highest BCUT2D eigenvalue weighted by Gasteiger charge is 2.48. The van der Waals surface area contributed by atoms with Gasteiger partial charge >= 0.3 is 0 Å². The minimum absolute atomic E-state index is 0.315. The second-order valence-corrected chi connectivity index (χ2v) is 7.28. The summed E-state index contributed by atoms with van der Waals surface area (Å²) in [4.78, 5) is 16.8. The molecule has 2 saturated heterocycles. The van der Waals surface area contributed by atoms with E-state index in [0.717, 1.165) is 32.0 Å². The Kier molecular flexibility index (Phi) is 4.52. The molecule has 0 aromatic heterocycles. The number of nitrogens with two attached hydrogens (primary N) is 2. The van der Waals surface area contributed by atoms with Crippen LogP contribution in [0.4, 0.5) is 0 Å². The first kappa shape index (κ1) is 15.3. The van der Waals surface area contributed by atoms with E-state index in [9.17, 15) is 4.79 Å². The summed E-state index contributed by atoms with van der Waals surface area (Å²) < 4.78 is 0. The normalized spacial score (nSPS) is 29.2. The van der Waals surface area contributed by atoms with E-state index >= 15 is 0 Å². The zero-order chi connectivity index (χ0) is 14.9. The molecule has 21 heavy (non-hydrogen) atoms. The largest absolute Gasteiger partial charge is 0.368 e. The number of amides is 1. The topological polar surface area (TPSA) is 75.6 Å². The minimum atomic E-state index is -0.794. The van der Waals surface area contributed by atoms with Gasteiger partial charge in [-0.2, -0.15) is 0 Å². The van der Waals surface area contributed by atoms with Gasteiger partial charge in [-0.05, 0) is 70.6 Å². The Morgan fingerprint density at radius 1 is 1.00 bits per heavy atom. The zero-order valence-corrected chi connectivity index (χ0v) is 13.1. The monoisotopic (exact) mass is 294 g/mol. The quantitative estimate of drug-likeness (QED) is 0.775. The van der Waals surface area contributed by atoms with Crippen molar-refractivity contribution in [2.24, 2.45) is 17.4 Å². The van der Waals surface area contributed by atoms with Gasteiger partial charge in [-0.1, -0.05) is 6.42 Å². The van der Waals surface area contributed by atoms with Crippen LogP contribution in [0.2, 0.25) is 0 Å². The molecule has 4 N–H and O–H groups in total. The van der Waals surface area contributed by atoms with Gasteiger partial charge in [-0.25, -0.2) is 0 Å². The maximum absolute atomic E-state index is 11.8. The predicted octanol–water partition coefficient (Wildman–Crippen LogP) is 0.530. The highest BCUT2D eigenvalue weighted by Crippen LogP contribution is 2.39. The maximum Gasteiger partial charge on any atom is 0.239 e. The molecule has 3 fully saturated rings. The van der Waals surface area contributed by atoms with E-state index in [1.807, 2.05) is 0 Å². The van der Waals surface area contributed by atoms with Gasteiger partial charge in [0.05, 0.1) is 0 Å². The summed E-state index contributed by atoms with van der Waals surface area (Å²) >= 11 is 0. The zero-order valence-electron chi connectivity index (χ0n) is 13.1. The Morgan fingerprint density at radius 2 is 1.62 bits per heavy atom. The van der Waals surface area contributed by atoms with Crippen LogP contribution in [-0.4, -0.2) is 60.0 Å². The minimum Gasteiger partial charge on any atom is -0.368 e. The standard InChI is InChI=1S/C16H30N4O/c17-15(21)16(18,13-4-5-13)12-19-10-6-14(7-11-19)20-8-2-1-3-9-20/h13-14H,1-12,18H2,(H2,17,21). The van der Waals surface area contributed by atoms with Crippen LogP contribution >= 0.6 is 0 Å². The van der Waals surface area contributed by atoms with Gasteiger partial charge in [0.1, 0.15) is 5.54 Å². The smallest absolute Gasteiger partial charge is 0.239 e. The number of likely N-dealkylation sites (tertiary alicyclic amines) is 2. The van der Waals surface area contributed by atoms with Crippen LogP contribution in [0.15, 0.2) is 0 Å². The molecule has 3 rings (SSSR count). The van der Waals surface area contributed by atoms with E-state index in [1.165, 1.54) is 45.2 Å². The van der Waals surface area contributed by atoms with E-state index < -0.39 is 5.54 Å². The van der Waals surface area contributed by atoms with E-state index in [0.29, 0.717) is 12.5 Å². The molecule has 1 amide bonds. The summed E-state index contributed by atoms with van der Waals surface area (Å²) in [5.41, 5.74) is 11.1. The molecule has 5 heteroatoms. The van der Waals surface area contributed by atoms with E-state index in [-0.39, 0.29) is 5.91 Å². The fourth-order valence-electron chi connectivity index (χ4n) is 4.10. The summed E-state index contributed by atoms with van der Waals surface area (Å²) in [6.45, 7) is 5.31. The molecule has 1 unspecified atom stereocenters. The van der Waals surface area contributed by atoms with Crippen molar-refractivity contribution in [2.75, 3.05) is 32.7 Å². The van der Waals surface area contributed by atoms with Gasteiger partial charge in [0.15, 0.2) is 0 Å². The molecule has 0 radical (unpaired) electrons. The van der Waals surface area contributed by atoms with Crippen molar-refractivity contribution in [3.63, 3.8) is 0 Å². The molecule has 1 saturated carbocycles. The summed E-state index contributed by atoms with van der Waals surface area (Å²) in [6, 6.07) is 0.739. The first-order valence-corrected chi connectivity index (χ1v) is 8.65. The highest BCUT2D eigenvalue weighted by molar-refractivity contribution is 5.85. The average Bonchev–Trinajstić information content (AvgIpc) is 3.34. The van der Waals surface area contributed by atoms with Gasteiger partial charge in [-0.15, -0.1) is 0 Å². The molecule has 3 aliphatic rings. The van der Waals surface area contributed by atoms with Crippen molar-refractivity contribution in [3.8, 4) is 0 Å². The van der Waals surface area contributed by atoms with Crippen molar-refractivity contribution in [3.05, 3.63) is 0 Å². The molecule has 2 aliphatic heterocycles. The molecule has 5 nitrogen and oxygen atoms in total. The van der Waals surface area contributed by atoms with Crippen molar-refractivity contribution in [1.29, 1.82) is 0 Å². The summed E-state index contributed by atoms with van der Waals surface area (Å²) in [5, 5.41) is 0. The van der Waals surface area contributed by atoms with Crippen molar-refractivity contribution in [1.82, 2.24) is 9.80 Å². The van der Waals surface area contributed by atoms with Gasteiger partial charge in [0, 0.05) is 12.6 Å². The Bertz CT molecular complexity index is 370. The Balaban J connectivity index is 1.50. The van der Waals surface area contributed by atoms with Crippen LogP contribution in [0.5, 0.6) is 0 Å². The molecule has 0 aromatic carbocycles. The van der Waals surface area contributed by atoms with Crippen LogP contribution < -0.4 is 11.5 Å². The third kappa shape index (κ3) is 3.41. The van der Waals surface area contributed by atoms with Crippen LogP contribution in [0.25, 0.3) is 0 Å². The SMILES string of the molecule is NC(=O)C(N)(CN1CCC(N2CCCCC2)CC1)C1CC1. The Labute approximate surface area is 128 Å². The first-order chi connectivity index (χ1) is 10.1. The fraction of sp³-hybridized carbons (Fsp3) is 0.938. The van der Waals surface area contributed by atoms with Crippen LogP contribution in [0, 0.1) is 5.92 Å². The third-order valence-corrected chi connectivity index (χ3v) is 5.71. The van der Waals surface area contributed by atoms with Gasteiger partial charge in [0.2, 0.25) is 5.91 Å². The molecule has 1 atom stereocenters. The lowest BCUT2D eigenvalue weighted by atomic mass is 9.91. The summed E-state index contributed by atoms with van der Waals surface area (Å²) in [6.07, 6.45) is 8.64. The van der Waals surface area contributed by atoms with Crippen LogP contribution in [-0.2, 0) is 4.79 Å². The molecule has 0 spiro atoms. The number of hydrogen-bond donors (Lipinski definition) is 2. The number of rotatable bonds is 5. The number of carbonyl (C=O) groups excluding carboxylic acids is 1. The van der Waals surface area contributed by atoms with Crippen molar-refractivity contribution >= 4 is 5.91 Å². The molecule has 2 heterocycles. The van der Waals surface area contributed by atoms with Gasteiger partial charge in [-0.3, -0.25) is 4.79 Å². The lowest BCUT2D eigenvalue weighted by Gasteiger charge is -2.42. The van der Waals surface area contributed by atoms with Crippen molar-refractivity contribution in [2.45, 2.75) is 56.5 Å². The molecule has 120 valence electrons. The molecule has 1 aliphatic carbocycles. The predicted molar refractivity (Wildman–Crippen MR) is 83.7 cm³/mol. The maximum atomic E-state index is 11.8. The molecule has 0 aromatic rings. The second-order valence-electron chi connectivity index (χ2n) is 7.28. The highest BCUT2D eigenvalue weighted by atomic mass is 16.1. The van der Waals surface area contributed by atoms with Gasteiger partial charge < -0.3 is 21.3 Å². The number of hydrogen-bond acceptors (Lipinski definition) is 4. The van der Waals surface area contributed by atoms with Crippen LogP contribution in [0.3, 0.4) is 0 Å². The van der Waals surface area contributed by atoms with E-state index in [1.54, 1.807) is 0 Å². The van der Waals surface area contributed by atoms with E-state index in [2.05, 4.69) is 9.80 Å². The fourth-order valence-corrected chi connectivity index (χ4v) is 4.10. The summed E-state index contributed by atoms with van der Waals surface area (Å²) in [5.74, 6) is -0.00188. The van der Waals surface area contributed by atoms with E-state index in [4.69, 9.17) is 11.5 Å². The average molecular weight is 294 g/mol. The second kappa shape index (κ2) is 6.23. The lowest BCUT2D eigenvalue weighted by Crippen LogP contribution is -2.62. The number of primary amides is 1. The molecular formula is C16H30N4O. The van der Waals surface area contributed by atoms with Crippen molar-refractivity contribution < 1.29 is 4.79 Å². The Hall–Kier alpha value is -0.650. The number of nitrogens with zero attached hydrogens (tertiary/aromatic N) is 2. The van der Waals surface area contributed by atoms with Crippen LogP contribution in [0.1, 0.15) is 44.9 Å². The van der Waals surface area contributed by atoms with Gasteiger partial charge in [0.25, 0.3) is 0 Å². The number of piperidine rings is 2. The molecular weight excluding hydrogens is 264 g/mol.